The molecule has 0 amide bonds. The van der Waals surface area contributed by atoms with Crippen molar-refractivity contribution in [2.45, 2.75) is 47.5 Å². The van der Waals surface area contributed by atoms with Crippen LogP contribution in [0.15, 0.2) is 80.2 Å². The van der Waals surface area contributed by atoms with E-state index < -0.39 is 95.7 Å². The number of hydrogen-bond acceptors (Lipinski definition) is 9. The van der Waals surface area contributed by atoms with Gasteiger partial charge in [0.1, 0.15) is 28.2 Å². The van der Waals surface area contributed by atoms with Crippen molar-refractivity contribution in [1.29, 1.82) is 0 Å². The molecule has 2 aromatic carbocycles. The standard InChI is InChI=1S/C24H20F6N2O9S2/c1-13-20(41-43(37,38)18-9-5-3-7-15(18)24(28,29)30)16(40-21(13)32-11-10-19(33)31-22(32)34)12-39-42(35,36)17-8-4-2-6-14(17)23(25,26)27/h2-11,13,16,20-21H,12H2,1H3,(H,31,33,34)/t13-,16+,20-,21+/m0/s1. The summed E-state index contributed by atoms with van der Waals surface area (Å²) in [6.45, 7) is 0.0556. The lowest BCUT2D eigenvalue weighted by molar-refractivity contribution is -0.140. The van der Waals surface area contributed by atoms with Gasteiger partial charge in [-0.2, -0.15) is 43.2 Å². The van der Waals surface area contributed by atoms with Crippen LogP contribution in [0, 0.1) is 5.92 Å². The minimum absolute atomic E-state index is 0.485. The zero-order valence-corrected chi connectivity index (χ0v) is 23.1. The summed E-state index contributed by atoms with van der Waals surface area (Å²) < 4.78 is 149. The average Bonchev–Trinajstić information content (AvgIpc) is 3.20. The Morgan fingerprint density at radius 1 is 0.837 bits per heavy atom. The molecule has 1 aromatic heterocycles. The number of ether oxygens (including phenoxy) is 1. The lowest BCUT2D eigenvalue weighted by Gasteiger charge is -2.22. The molecule has 0 bridgehead atoms. The number of alkyl halides is 6. The van der Waals surface area contributed by atoms with Gasteiger partial charge in [-0.25, -0.2) is 4.79 Å². The van der Waals surface area contributed by atoms with Gasteiger partial charge in [-0.1, -0.05) is 31.2 Å². The Kier molecular flexibility index (Phi) is 8.68. The number of aromatic amines is 1. The second-order valence-electron chi connectivity index (χ2n) is 9.18. The first kappa shape index (κ1) is 32.4. The molecule has 1 saturated heterocycles. The molecule has 19 heteroatoms. The van der Waals surface area contributed by atoms with Crippen LogP contribution in [0.4, 0.5) is 26.3 Å². The molecule has 1 N–H and O–H groups in total. The molecule has 3 aromatic rings. The number of halogens is 6. The zero-order chi connectivity index (χ0) is 32.0. The molecule has 2 heterocycles. The molecule has 4 rings (SSSR count). The third kappa shape index (κ3) is 6.85. The van der Waals surface area contributed by atoms with Crippen molar-refractivity contribution in [3.05, 3.63) is 92.8 Å². The van der Waals surface area contributed by atoms with Crippen molar-refractivity contribution < 1.29 is 56.3 Å². The maximum Gasteiger partial charge on any atom is 0.417 e. The largest absolute Gasteiger partial charge is 0.417 e. The molecule has 4 atom stereocenters. The molecule has 1 fully saturated rings. The monoisotopic (exact) mass is 658 g/mol. The fraction of sp³-hybridized carbons (Fsp3) is 0.333. The first-order valence-electron chi connectivity index (χ1n) is 11.9. The predicted molar refractivity (Wildman–Crippen MR) is 132 cm³/mol. The van der Waals surface area contributed by atoms with Gasteiger partial charge >= 0.3 is 18.0 Å². The molecule has 0 unspecified atom stereocenters. The number of hydrogen-bond donors (Lipinski definition) is 1. The van der Waals surface area contributed by atoms with Gasteiger partial charge in [0.15, 0.2) is 0 Å². The Labute approximate surface area is 238 Å². The Bertz CT molecular complexity index is 1840. The van der Waals surface area contributed by atoms with Crippen molar-refractivity contribution in [3.8, 4) is 0 Å². The summed E-state index contributed by atoms with van der Waals surface area (Å²) in [6.07, 6.45) is -14.4. The van der Waals surface area contributed by atoms with E-state index >= 15 is 0 Å². The molecule has 0 saturated carbocycles. The van der Waals surface area contributed by atoms with Gasteiger partial charge < -0.3 is 4.74 Å². The van der Waals surface area contributed by atoms with E-state index in [1.807, 2.05) is 4.98 Å². The summed E-state index contributed by atoms with van der Waals surface area (Å²) in [4.78, 5) is 23.2. The van der Waals surface area contributed by atoms with Crippen molar-refractivity contribution >= 4 is 20.2 Å². The van der Waals surface area contributed by atoms with Crippen molar-refractivity contribution in [2.75, 3.05) is 6.61 Å². The number of aromatic nitrogens is 2. The predicted octanol–water partition coefficient (Wildman–Crippen LogP) is 3.29. The van der Waals surface area contributed by atoms with Gasteiger partial charge in [0.2, 0.25) is 0 Å². The van der Waals surface area contributed by atoms with E-state index in [9.17, 15) is 52.8 Å². The number of nitrogens with one attached hydrogen (secondary N) is 1. The van der Waals surface area contributed by atoms with Crippen LogP contribution in [0.25, 0.3) is 0 Å². The van der Waals surface area contributed by atoms with Crippen LogP contribution >= 0.6 is 0 Å². The smallest absolute Gasteiger partial charge is 0.349 e. The SMILES string of the molecule is C[C@H]1[C@H](OS(=O)(=O)c2ccccc2C(F)(F)F)[C@@H](COS(=O)(=O)c2ccccc2C(F)(F)F)O[C@H]1n1ccc(=O)[nH]c1=O. The number of H-pyrrole nitrogens is 1. The van der Waals surface area contributed by atoms with Crippen molar-refractivity contribution in [1.82, 2.24) is 9.55 Å². The Hall–Kier alpha value is -3.52. The molecule has 1 aliphatic heterocycles. The normalized spacial score (nSPS) is 21.7. The second kappa shape index (κ2) is 11.5. The molecular formula is C24H20F6N2O9S2. The van der Waals surface area contributed by atoms with E-state index in [2.05, 4.69) is 0 Å². The summed E-state index contributed by atoms with van der Waals surface area (Å²) in [5, 5.41) is 0. The summed E-state index contributed by atoms with van der Waals surface area (Å²) in [5.74, 6) is -1.25. The Morgan fingerprint density at radius 2 is 1.35 bits per heavy atom. The van der Waals surface area contributed by atoms with Crippen LogP contribution in [0.1, 0.15) is 24.3 Å². The molecule has 11 nitrogen and oxygen atoms in total. The summed E-state index contributed by atoms with van der Waals surface area (Å²) in [5.41, 5.74) is -5.01. The van der Waals surface area contributed by atoms with Crippen LogP contribution in [0.5, 0.6) is 0 Å². The minimum atomic E-state index is -5.28. The van der Waals surface area contributed by atoms with Crippen LogP contribution < -0.4 is 11.2 Å². The third-order valence-electron chi connectivity index (χ3n) is 6.32. The highest BCUT2D eigenvalue weighted by Gasteiger charge is 2.49. The maximum atomic E-state index is 13.6. The molecular weight excluding hydrogens is 638 g/mol. The van der Waals surface area contributed by atoms with Gasteiger partial charge in [0.25, 0.3) is 25.8 Å². The summed E-state index contributed by atoms with van der Waals surface area (Å²) >= 11 is 0. The average molecular weight is 659 g/mol. The van der Waals surface area contributed by atoms with Gasteiger partial charge in [-0.3, -0.25) is 22.7 Å². The second-order valence-corrected chi connectivity index (χ2v) is 12.3. The third-order valence-corrected chi connectivity index (χ3v) is 9.03. The highest BCUT2D eigenvalue weighted by molar-refractivity contribution is 7.87. The lowest BCUT2D eigenvalue weighted by Crippen LogP contribution is -2.36. The molecule has 1 aliphatic rings. The highest BCUT2D eigenvalue weighted by Crippen LogP contribution is 2.41. The van der Waals surface area contributed by atoms with Crippen molar-refractivity contribution in [3.63, 3.8) is 0 Å². The molecule has 0 spiro atoms. The number of nitrogens with zero attached hydrogens (tertiary/aromatic N) is 1. The zero-order valence-electron chi connectivity index (χ0n) is 21.5. The summed E-state index contributed by atoms with van der Waals surface area (Å²) in [6, 6.07) is 6.96. The fourth-order valence-corrected chi connectivity index (χ4v) is 6.90. The van der Waals surface area contributed by atoms with E-state index in [4.69, 9.17) is 13.1 Å². The fourth-order valence-electron chi connectivity index (χ4n) is 4.37. The van der Waals surface area contributed by atoms with Crippen LogP contribution in [-0.2, 0) is 45.7 Å². The summed E-state index contributed by atoms with van der Waals surface area (Å²) in [7, 11) is -10.5. The van der Waals surface area contributed by atoms with Crippen LogP contribution in [-0.4, -0.2) is 45.2 Å². The first-order chi connectivity index (χ1) is 19.8. The maximum absolute atomic E-state index is 13.6. The van der Waals surface area contributed by atoms with E-state index in [1.165, 1.54) is 6.92 Å². The van der Waals surface area contributed by atoms with E-state index in [-0.39, 0.29) is 0 Å². The topological polar surface area (TPSA) is 151 Å². The lowest BCUT2D eigenvalue weighted by atomic mass is 10.0. The van der Waals surface area contributed by atoms with Gasteiger partial charge in [0.05, 0.1) is 17.7 Å². The Morgan fingerprint density at radius 3 is 1.86 bits per heavy atom. The van der Waals surface area contributed by atoms with E-state index in [0.717, 1.165) is 41.1 Å². The van der Waals surface area contributed by atoms with Crippen molar-refractivity contribution in [2.24, 2.45) is 5.92 Å². The van der Waals surface area contributed by atoms with Gasteiger partial charge in [-0.15, -0.1) is 0 Å². The van der Waals surface area contributed by atoms with E-state index in [1.54, 1.807) is 0 Å². The quantitative estimate of drug-likeness (QED) is 0.284. The van der Waals surface area contributed by atoms with Crippen LogP contribution in [0.3, 0.4) is 0 Å². The first-order valence-corrected chi connectivity index (χ1v) is 14.8. The van der Waals surface area contributed by atoms with Gasteiger partial charge in [-0.05, 0) is 24.3 Å². The number of benzene rings is 2. The van der Waals surface area contributed by atoms with E-state index in [0.29, 0.717) is 24.3 Å². The highest BCUT2D eigenvalue weighted by atomic mass is 32.2. The molecule has 43 heavy (non-hydrogen) atoms. The number of rotatable bonds is 8. The van der Waals surface area contributed by atoms with Gasteiger partial charge in [0, 0.05) is 18.2 Å². The molecule has 0 radical (unpaired) electrons. The molecule has 234 valence electrons. The van der Waals surface area contributed by atoms with Crippen LogP contribution in [0.2, 0.25) is 0 Å². The minimum Gasteiger partial charge on any atom is -0.349 e. The molecule has 0 aliphatic carbocycles. The Balaban J connectivity index is 1.72.